The van der Waals surface area contributed by atoms with Crippen LogP contribution < -0.4 is 5.32 Å². The molecular weight excluding hydrogens is 264 g/mol. The Morgan fingerprint density at radius 1 is 1.61 bits per heavy atom. The fourth-order valence-corrected chi connectivity index (χ4v) is 3.89. The van der Waals surface area contributed by atoms with E-state index >= 15 is 0 Å². The predicted molar refractivity (Wildman–Crippen MR) is 74.7 cm³/mol. The van der Waals surface area contributed by atoms with Gasteiger partial charge in [0, 0.05) is 11.8 Å². The van der Waals surface area contributed by atoms with Gasteiger partial charge >= 0.3 is 0 Å². The maximum atomic E-state index is 9.56. The van der Waals surface area contributed by atoms with Crippen molar-refractivity contribution in [1.82, 2.24) is 14.7 Å². The highest BCUT2D eigenvalue weighted by molar-refractivity contribution is 8.01. The second-order valence-corrected chi connectivity index (χ2v) is 7.03. The number of nitrogens with one attached hydrogen (secondary N) is 1. The molecule has 1 heterocycles. The Bertz CT molecular complexity index is 447. The Morgan fingerprint density at radius 3 is 2.78 bits per heavy atom. The van der Waals surface area contributed by atoms with Gasteiger partial charge in [0.05, 0.1) is 6.07 Å². The van der Waals surface area contributed by atoms with Crippen molar-refractivity contribution in [3.8, 4) is 6.07 Å². The molecule has 1 fully saturated rings. The van der Waals surface area contributed by atoms with Crippen LogP contribution in [0.5, 0.6) is 0 Å². The zero-order valence-electron chi connectivity index (χ0n) is 10.9. The van der Waals surface area contributed by atoms with Crippen molar-refractivity contribution >= 4 is 23.3 Å². The fraction of sp³-hybridized carbons (Fsp3) is 0.750. The summed E-state index contributed by atoms with van der Waals surface area (Å²) in [6, 6.07) is 2.83. The summed E-state index contributed by atoms with van der Waals surface area (Å²) in [6.45, 7) is 6.08. The lowest BCUT2D eigenvalue weighted by molar-refractivity contribution is 0.370. The van der Waals surface area contributed by atoms with E-state index in [2.05, 4.69) is 34.6 Å². The molecule has 0 bridgehead atoms. The van der Waals surface area contributed by atoms with E-state index in [0.717, 1.165) is 28.8 Å². The van der Waals surface area contributed by atoms with Crippen LogP contribution in [-0.2, 0) is 0 Å². The average molecular weight is 282 g/mol. The van der Waals surface area contributed by atoms with Crippen molar-refractivity contribution in [2.75, 3.05) is 5.75 Å². The van der Waals surface area contributed by atoms with Crippen molar-refractivity contribution in [3.63, 3.8) is 0 Å². The first-order valence-corrected chi connectivity index (χ1v) is 7.94. The van der Waals surface area contributed by atoms with Crippen LogP contribution in [0.3, 0.4) is 0 Å². The minimum absolute atomic E-state index is 0.321. The highest BCUT2D eigenvalue weighted by Crippen LogP contribution is 2.42. The van der Waals surface area contributed by atoms with E-state index in [0.29, 0.717) is 12.0 Å². The van der Waals surface area contributed by atoms with Crippen LogP contribution in [0.1, 0.15) is 32.5 Å². The predicted octanol–water partition coefficient (Wildman–Crippen LogP) is 2.61. The first kappa shape index (κ1) is 13.8. The maximum absolute atomic E-state index is 9.56. The van der Waals surface area contributed by atoms with Gasteiger partial charge < -0.3 is 0 Å². The van der Waals surface area contributed by atoms with Crippen LogP contribution in [0.25, 0.3) is 0 Å². The molecular formula is C12H18N4S2. The molecule has 0 spiro atoms. The number of thioether (sulfide) groups is 1. The van der Waals surface area contributed by atoms with Crippen molar-refractivity contribution < 1.29 is 0 Å². The first-order chi connectivity index (χ1) is 8.55. The highest BCUT2D eigenvalue weighted by atomic mass is 32.2. The van der Waals surface area contributed by atoms with E-state index in [1.165, 1.54) is 11.5 Å². The van der Waals surface area contributed by atoms with Crippen LogP contribution in [0.15, 0.2) is 4.34 Å². The molecule has 0 aliphatic heterocycles. The van der Waals surface area contributed by atoms with Gasteiger partial charge in [-0.25, -0.2) is 4.98 Å². The zero-order valence-corrected chi connectivity index (χ0v) is 12.6. The van der Waals surface area contributed by atoms with Gasteiger partial charge in [0.15, 0.2) is 4.34 Å². The number of rotatable bonds is 6. The van der Waals surface area contributed by atoms with Crippen molar-refractivity contribution in [3.05, 3.63) is 5.82 Å². The van der Waals surface area contributed by atoms with Gasteiger partial charge in [-0.05, 0) is 51.1 Å². The standard InChI is InChI=1S/C12H18N4S2/c1-8(2)15-12(6-13,10-4-5-10)7-17-11-14-9(3)16-18-11/h8,10,15H,4-5,7H2,1-3H3. The van der Waals surface area contributed by atoms with Crippen LogP contribution >= 0.6 is 23.3 Å². The average Bonchev–Trinajstić information content (AvgIpc) is 3.09. The first-order valence-electron chi connectivity index (χ1n) is 6.18. The van der Waals surface area contributed by atoms with Crippen molar-refractivity contribution in [1.29, 1.82) is 5.26 Å². The molecule has 18 heavy (non-hydrogen) atoms. The molecule has 1 aromatic rings. The number of aromatic nitrogens is 2. The highest BCUT2D eigenvalue weighted by Gasteiger charge is 2.46. The van der Waals surface area contributed by atoms with Crippen molar-refractivity contribution in [2.24, 2.45) is 5.92 Å². The molecule has 1 unspecified atom stereocenters. The molecule has 6 heteroatoms. The lowest BCUT2D eigenvalue weighted by Crippen LogP contribution is -2.51. The lowest BCUT2D eigenvalue weighted by Gasteiger charge is -2.29. The summed E-state index contributed by atoms with van der Waals surface area (Å²) >= 11 is 3.06. The second kappa shape index (κ2) is 5.55. The molecule has 0 aromatic carbocycles. The summed E-state index contributed by atoms with van der Waals surface area (Å²) in [5, 5.41) is 13.0. The SMILES string of the molecule is Cc1nsc(SCC(C#N)(NC(C)C)C2CC2)n1. The maximum Gasteiger partial charge on any atom is 0.170 e. The quantitative estimate of drug-likeness (QED) is 0.813. The summed E-state index contributed by atoms with van der Waals surface area (Å²) in [4.78, 5) is 4.34. The number of nitriles is 1. The summed E-state index contributed by atoms with van der Waals surface area (Å²) < 4.78 is 5.13. The molecule has 1 N–H and O–H groups in total. The molecule has 1 atom stereocenters. The molecule has 1 aliphatic carbocycles. The minimum Gasteiger partial charge on any atom is -0.296 e. The van der Waals surface area contributed by atoms with Gasteiger partial charge in [-0.15, -0.1) is 0 Å². The van der Waals surface area contributed by atoms with Crippen LogP contribution in [0.2, 0.25) is 0 Å². The molecule has 0 saturated heterocycles. The van der Waals surface area contributed by atoms with Gasteiger partial charge in [0.1, 0.15) is 11.4 Å². The fourth-order valence-electron chi connectivity index (χ4n) is 2.04. The van der Waals surface area contributed by atoms with Crippen LogP contribution in [-0.4, -0.2) is 26.7 Å². The summed E-state index contributed by atoms with van der Waals surface area (Å²) in [5.74, 6) is 2.06. The Hall–Kier alpha value is -0.640. The van der Waals surface area contributed by atoms with E-state index in [1.807, 2.05) is 6.92 Å². The topological polar surface area (TPSA) is 61.6 Å². The van der Waals surface area contributed by atoms with Crippen LogP contribution in [0.4, 0.5) is 0 Å². The van der Waals surface area contributed by atoms with E-state index in [1.54, 1.807) is 11.8 Å². The normalized spacial score (nSPS) is 18.6. The van der Waals surface area contributed by atoms with Crippen LogP contribution in [0, 0.1) is 24.2 Å². The summed E-state index contributed by atoms with van der Waals surface area (Å²) in [7, 11) is 0. The molecule has 1 aliphatic rings. The molecule has 1 saturated carbocycles. The smallest absolute Gasteiger partial charge is 0.170 e. The van der Waals surface area contributed by atoms with Crippen molar-refractivity contribution in [2.45, 2.75) is 49.5 Å². The molecule has 0 amide bonds. The van der Waals surface area contributed by atoms with Gasteiger partial charge in [0.25, 0.3) is 0 Å². The Labute approximate surface area is 116 Å². The molecule has 1 aromatic heterocycles. The van der Waals surface area contributed by atoms with E-state index in [-0.39, 0.29) is 0 Å². The largest absolute Gasteiger partial charge is 0.296 e. The third-order valence-corrected chi connectivity index (χ3v) is 5.07. The Kier molecular flexibility index (Phi) is 4.25. The Balaban J connectivity index is 2.03. The molecule has 98 valence electrons. The zero-order chi connectivity index (χ0) is 13.2. The van der Waals surface area contributed by atoms with Gasteiger partial charge in [-0.1, -0.05) is 11.8 Å². The summed E-state index contributed by atoms with van der Waals surface area (Å²) in [6.07, 6.45) is 2.31. The number of hydrogen-bond donors (Lipinski definition) is 1. The minimum atomic E-state index is -0.404. The van der Waals surface area contributed by atoms with Gasteiger partial charge in [-0.2, -0.15) is 9.64 Å². The molecule has 4 nitrogen and oxygen atoms in total. The monoisotopic (exact) mass is 282 g/mol. The summed E-state index contributed by atoms with van der Waals surface area (Å²) in [5.41, 5.74) is -0.404. The number of aryl methyl sites for hydroxylation is 1. The van der Waals surface area contributed by atoms with E-state index in [4.69, 9.17) is 0 Å². The third-order valence-electron chi connectivity index (χ3n) is 2.95. The van der Waals surface area contributed by atoms with E-state index in [9.17, 15) is 5.26 Å². The third kappa shape index (κ3) is 3.22. The number of hydrogen-bond acceptors (Lipinski definition) is 6. The van der Waals surface area contributed by atoms with Gasteiger partial charge in [-0.3, -0.25) is 5.32 Å². The molecule has 0 radical (unpaired) electrons. The second-order valence-electron chi connectivity index (χ2n) is 5.05. The van der Waals surface area contributed by atoms with Gasteiger partial charge in [0.2, 0.25) is 0 Å². The molecule has 2 rings (SSSR count). The lowest BCUT2D eigenvalue weighted by atomic mass is 9.96. The Morgan fingerprint density at radius 2 is 2.33 bits per heavy atom. The number of nitrogens with zero attached hydrogens (tertiary/aromatic N) is 3. The van der Waals surface area contributed by atoms with E-state index < -0.39 is 5.54 Å².